The molecule has 0 fully saturated rings. The van der Waals surface area contributed by atoms with Crippen molar-refractivity contribution in [2.24, 2.45) is 5.73 Å². The lowest BCUT2D eigenvalue weighted by atomic mass is 10.1. The standard InChI is InChI=1S/C17H25FN2O/c1-4-14(2)20(10-11-21-3)13-15-7-8-17(18)16(12-15)6-5-9-19/h7-8,12,14H,4,9-11,13,19H2,1-3H3. The van der Waals surface area contributed by atoms with Crippen LogP contribution in [0.4, 0.5) is 4.39 Å². The number of benzene rings is 1. The van der Waals surface area contributed by atoms with Gasteiger partial charge in [0.05, 0.1) is 18.7 Å². The molecule has 1 atom stereocenters. The van der Waals surface area contributed by atoms with E-state index in [-0.39, 0.29) is 12.4 Å². The molecule has 0 heterocycles. The van der Waals surface area contributed by atoms with Gasteiger partial charge in [-0.25, -0.2) is 4.39 Å². The molecule has 0 aliphatic rings. The van der Waals surface area contributed by atoms with E-state index in [0.717, 1.165) is 25.1 Å². The minimum atomic E-state index is -0.299. The molecule has 0 aromatic heterocycles. The van der Waals surface area contributed by atoms with Crippen LogP contribution in [0.5, 0.6) is 0 Å². The third-order valence-electron chi connectivity index (χ3n) is 3.54. The Morgan fingerprint density at radius 3 is 2.81 bits per heavy atom. The number of rotatable bonds is 7. The Morgan fingerprint density at radius 1 is 1.43 bits per heavy atom. The van der Waals surface area contributed by atoms with Crippen LogP contribution in [0.25, 0.3) is 0 Å². The number of halogens is 1. The maximum Gasteiger partial charge on any atom is 0.138 e. The first-order valence-corrected chi connectivity index (χ1v) is 7.32. The number of nitrogens with two attached hydrogens (primary N) is 1. The SMILES string of the molecule is CCC(C)N(CCOC)Cc1ccc(F)c(C#CCN)c1. The Kier molecular flexibility index (Phi) is 7.99. The number of hydrogen-bond acceptors (Lipinski definition) is 3. The van der Waals surface area contributed by atoms with Gasteiger partial charge in [-0.2, -0.15) is 0 Å². The fourth-order valence-corrected chi connectivity index (χ4v) is 2.07. The summed E-state index contributed by atoms with van der Waals surface area (Å²) in [5, 5.41) is 0. The molecule has 1 aromatic carbocycles. The zero-order chi connectivity index (χ0) is 15.7. The topological polar surface area (TPSA) is 38.5 Å². The molecule has 0 aliphatic carbocycles. The van der Waals surface area contributed by atoms with Crippen LogP contribution in [0.1, 0.15) is 31.4 Å². The molecule has 1 aromatic rings. The van der Waals surface area contributed by atoms with Gasteiger partial charge < -0.3 is 10.5 Å². The van der Waals surface area contributed by atoms with Crippen LogP contribution in [0.3, 0.4) is 0 Å². The van der Waals surface area contributed by atoms with E-state index in [1.54, 1.807) is 13.2 Å². The van der Waals surface area contributed by atoms with E-state index in [0.29, 0.717) is 18.2 Å². The molecule has 1 rings (SSSR count). The van der Waals surface area contributed by atoms with Crippen molar-refractivity contribution >= 4 is 0 Å². The van der Waals surface area contributed by atoms with Gasteiger partial charge in [-0.1, -0.05) is 24.8 Å². The predicted octanol–water partition coefficient (Wildman–Crippen LogP) is 2.38. The van der Waals surface area contributed by atoms with Gasteiger partial charge in [-0.15, -0.1) is 0 Å². The summed E-state index contributed by atoms with van der Waals surface area (Å²) >= 11 is 0. The Labute approximate surface area is 127 Å². The highest BCUT2D eigenvalue weighted by Gasteiger charge is 2.13. The Bertz CT molecular complexity index is 493. The van der Waals surface area contributed by atoms with Gasteiger partial charge in [-0.3, -0.25) is 4.90 Å². The van der Waals surface area contributed by atoms with Crippen molar-refractivity contribution < 1.29 is 9.13 Å². The van der Waals surface area contributed by atoms with Gasteiger partial charge in [0.15, 0.2) is 0 Å². The monoisotopic (exact) mass is 292 g/mol. The Morgan fingerprint density at radius 2 is 2.19 bits per heavy atom. The number of methoxy groups -OCH3 is 1. The van der Waals surface area contributed by atoms with Crippen LogP contribution < -0.4 is 5.73 Å². The lowest BCUT2D eigenvalue weighted by Gasteiger charge is -2.28. The van der Waals surface area contributed by atoms with Crippen molar-refractivity contribution in [1.82, 2.24) is 4.90 Å². The molecule has 0 saturated heterocycles. The quantitative estimate of drug-likeness (QED) is 0.784. The normalized spacial score (nSPS) is 12.1. The van der Waals surface area contributed by atoms with E-state index in [2.05, 4.69) is 30.6 Å². The van der Waals surface area contributed by atoms with Crippen LogP contribution >= 0.6 is 0 Å². The lowest BCUT2D eigenvalue weighted by molar-refractivity contribution is 0.118. The summed E-state index contributed by atoms with van der Waals surface area (Å²) in [6, 6.07) is 5.54. The van der Waals surface area contributed by atoms with E-state index in [4.69, 9.17) is 10.5 Å². The van der Waals surface area contributed by atoms with Crippen molar-refractivity contribution in [3.8, 4) is 11.8 Å². The summed E-state index contributed by atoms with van der Waals surface area (Å²) in [6.07, 6.45) is 1.06. The average molecular weight is 292 g/mol. The molecule has 1 unspecified atom stereocenters. The van der Waals surface area contributed by atoms with E-state index < -0.39 is 0 Å². The van der Waals surface area contributed by atoms with E-state index >= 15 is 0 Å². The van der Waals surface area contributed by atoms with Crippen molar-refractivity contribution in [2.75, 3.05) is 26.8 Å². The van der Waals surface area contributed by atoms with Crippen molar-refractivity contribution in [2.45, 2.75) is 32.9 Å². The van der Waals surface area contributed by atoms with Crippen LogP contribution in [0.15, 0.2) is 18.2 Å². The van der Waals surface area contributed by atoms with Crippen molar-refractivity contribution in [3.05, 3.63) is 35.1 Å². The molecule has 0 spiro atoms. The summed E-state index contributed by atoms with van der Waals surface area (Å²) in [7, 11) is 1.70. The second-order valence-corrected chi connectivity index (χ2v) is 5.04. The predicted molar refractivity (Wildman–Crippen MR) is 84.4 cm³/mol. The minimum absolute atomic E-state index is 0.233. The Balaban J connectivity index is 2.87. The number of nitrogens with zero attached hydrogens (tertiary/aromatic N) is 1. The molecule has 4 heteroatoms. The zero-order valence-electron chi connectivity index (χ0n) is 13.2. The molecule has 0 aliphatic heterocycles. The molecule has 2 N–H and O–H groups in total. The highest BCUT2D eigenvalue weighted by atomic mass is 19.1. The van der Waals surface area contributed by atoms with Crippen LogP contribution in [-0.2, 0) is 11.3 Å². The molecule has 3 nitrogen and oxygen atoms in total. The van der Waals surface area contributed by atoms with Gasteiger partial charge in [0.2, 0.25) is 0 Å². The van der Waals surface area contributed by atoms with Crippen molar-refractivity contribution in [3.63, 3.8) is 0 Å². The smallest absolute Gasteiger partial charge is 0.138 e. The van der Waals surface area contributed by atoms with Gasteiger partial charge >= 0.3 is 0 Å². The van der Waals surface area contributed by atoms with Crippen molar-refractivity contribution in [1.29, 1.82) is 0 Å². The molecule has 0 saturated carbocycles. The minimum Gasteiger partial charge on any atom is -0.383 e. The molecule has 116 valence electrons. The third-order valence-corrected chi connectivity index (χ3v) is 3.54. The van der Waals surface area contributed by atoms with E-state index in [1.807, 2.05) is 6.07 Å². The first kappa shape index (κ1) is 17.6. The highest BCUT2D eigenvalue weighted by molar-refractivity contribution is 5.38. The lowest BCUT2D eigenvalue weighted by Crippen LogP contribution is -2.34. The maximum absolute atomic E-state index is 13.7. The Hall–Kier alpha value is -1.41. The summed E-state index contributed by atoms with van der Waals surface area (Å²) in [6.45, 7) is 6.88. The molecule has 0 radical (unpaired) electrons. The second kappa shape index (κ2) is 9.51. The first-order valence-electron chi connectivity index (χ1n) is 7.32. The van der Waals surface area contributed by atoms with E-state index in [1.165, 1.54) is 6.07 Å². The molecule has 0 bridgehead atoms. The molecular weight excluding hydrogens is 267 g/mol. The molecule has 21 heavy (non-hydrogen) atoms. The van der Waals surface area contributed by atoms with Gasteiger partial charge in [0.1, 0.15) is 5.82 Å². The fourth-order valence-electron chi connectivity index (χ4n) is 2.07. The third kappa shape index (κ3) is 5.84. The summed E-state index contributed by atoms with van der Waals surface area (Å²) in [4.78, 5) is 2.33. The van der Waals surface area contributed by atoms with E-state index in [9.17, 15) is 4.39 Å². The molecule has 0 amide bonds. The number of ether oxygens (including phenoxy) is 1. The summed E-state index contributed by atoms with van der Waals surface area (Å²) in [5.74, 6) is 5.18. The van der Waals surface area contributed by atoms with Gasteiger partial charge in [0.25, 0.3) is 0 Å². The van der Waals surface area contributed by atoms with Crippen LogP contribution in [-0.4, -0.2) is 37.7 Å². The second-order valence-electron chi connectivity index (χ2n) is 5.04. The van der Waals surface area contributed by atoms with Gasteiger partial charge in [0, 0.05) is 26.2 Å². The highest BCUT2D eigenvalue weighted by Crippen LogP contribution is 2.14. The maximum atomic E-state index is 13.7. The number of hydrogen-bond donors (Lipinski definition) is 1. The van der Waals surface area contributed by atoms with Gasteiger partial charge in [-0.05, 0) is 31.0 Å². The zero-order valence-corrected chi connectivity index (χ0v) is 13.2. The van der Waals surface area contributed by atoms with Crippen LogP contribution in [0, 0.1) is 17.7 Å². The average Bonchev–Trinajstić information content (AvgIpc) is 2.50. The summed E-state index contributed by atoms with van der Waals surface area (Å²) < 4.78 is 18.8. The summed E-state index contributed by atoms with van der Waals surface area (Å²) in [5.41, 5.74) is 6.80. The molecular formula is C17H25FN2O. The first-order chi connectivity index (χ1) is 10.1. The fraction of sp³-hybridized carbons (Fsp3) is 0.529. The largest absolute Gasteiger partial charge is 0.383 e. The van der Waals surface area contributed by atoms with Crippen LogP contribution in [0.2, 0.25) is 0 Å².